The lowest BCUT2D eigenvalue weighted by Gasteiger charge is -2.20. The van der Waals surface area contributed by atoms with Gasteiger partial charge in [-0.25, -0.2) is 0 Å². The van der Waals surface area contributed by atoms with E-state index in [-0.39, 0.29) is 30.8 Å². The average molecular weight is 369 g/mol. The molecular formula is C18H22Cl2N2O2. The summed E-state index contributed by atoms with van der Waals surface area (Å²) in [7, 11) is 1.75. The molecule has 0 aliphatic rings. The summed E-state index contributed by atoms with van der Waals surface area (Å²) in [6.45, 7) is 0.859. The highest BCUT2D eigenvalue weighted by atomic mass is 35.5. The molecule has 0 aliphatic heterocycles. The first-order valence-electron chi connectivity index (χ1n) is 7.49. The molecule has 24 heavy (non-hydrogen) atoms. The van der Waals surface area contributed by atoms with Gasteiger partial charge < -0.3 is 15.4 Å². The van der Waals surface area contributed by atoms with Gasteiger partial charge in [-0.15, -0.1) is 12.4 Å². The van der Waals surface area contributed by atoms with E-state index >= 15 is 0 Å². The summed E-state index contributed by atoms with van der Waals surface area (Å²) >= 11 is 6.02. The number of para-hydroxylation sites is 1. The Morgan fingerprint density at radius 2 is 1.79 bits per heavy atom. The average Bonchev–Trinajstić information content (AvgIpc) is 2.57. The van der Waals surface area contributed by atoms with E-state index in [4.69, 9.17) is 22.1 Å². The molecule has 0 heterocycles. The van der Waals surface area contributed by atoms with E-state index in [0.717, 1.165) is 5.56 Å². The van der Waals surface area contributed by atoms with E-state index in [2.05, 4.69) is 0 Å². The molecule has 0 fully saturated rings. The van der Waals surface area contributed by atoms with Crippen molar-refractivity contribution in [3.05, 3.63) is 65.2 Å². The second-order valence-corrected chi connectivity index (χ2v) is 5.72. The minimum atomic E-state index is -0.296. The molecule has 2 aromatic rings. The number of halogens is 2. The Labute approximate surface area is 154 Å². The predicted octanol–water partition coefficient (Wildman–Crippen LogP) is 3.69. The fourth-order valence-electron chi connectivity index (χ4n) is 2.14. The summed E-state index contributed by atoms with van der Waals surface area (Å²) in [4.78, 5) is 13.8. The summed E-state index contributed by atoms with van der Waals surface area (Å²) in [6.07, 6.45) is 0.270. The highest BCUT2D eigenvalue weighted by molar-refractivity contribution is 6.32. The van der Waals surface area contributed by atoms with Gasteiger partial charge in [0.2, 0.25) is 5.91 Å². The Kier molecular flexibility index (Phi) is 8.61. The Morgan fingerprint density at radius 3 is 2.46 bits per heavy atom. The monoisotopic (exact) mass is 368 g/mol. The number of hydrogen-bond acceptors (Lipinski definition) is 3. The molecule has 1 amide bonds. The maximum Gasteiger partial charge on any atom is 0.224 e. The van der Waals surface area contributed by atoms with Crippen LogP contribution in [-0.4, -0.2) is 31.0 Å². The van der Waals surface area contributed by atoms with Crippen LogP contribution in [0.15, 0.2) is 54.6 Å². The first kappa shape index (κ1) is 20.3. The predicted molar refractivity (Wildman–Crippen MR) is 99.8 cm³/mol. The van der Waals surface area contributed by atoms with Gasteiger partial charge in [-0.3, -0.25) is 4.79 Å². The molecule has 1 unspecified atom stereocenters. The van der Waals surface area contributed by atoms with Crippen LogP contribution in [-0.2, 0) is 4.79 Å². The second-order valence-electron chi connectivity index (χ2n) is 5.32. The standard InChI is InChI=1S/C18H21ClN2O2.ClH/c1-21(11-12-23-17-10-6-5-9-15(17)19)18(22)13-16(20)14-7-3-2-4-8-14;/h2-10,16H,11-13,20H2,1H3;1H. The summed E-state index contributed by atoms with van der Waals surface area (Å²) in [5.41, 5.74) is 7.04. The molecule has 0 saturated heterocycles. The van der Waals surface area contributed by atoms with Gasteiger partial charge in [0.25, 0.3) is 0 Å². The van der Waals surface area contributed by atoms with Crippen molar-refractivity contribution in [3.63, 3.8) is 0 Å². The first-order valence-corrected chi connectivity index (χ1v) is 7.87. The summed E-state index contributed by atoms with van der Waals surface area (Å²) in [5.74, 6) is 0.611. The second kappa shape index (κ2) is 10.2. The van der Waals surface area contributed by atoms with Crippen molar-refractivity contribution in [3.8, 4) is 5.75 Å². The third kappa shape index (κ3) is 6.04. The van der Waals surface area contributed by atoms with Gasteiger partial charge in [-0.2, -0.15) is 0 Å². The van der Waals surface area contributed by atoms with E-state index in [9.17, 15) is 4.79 Å². The topological polar surface area (TPSA) is 55.6 Å². The zero-order valence-electron chi connectivity index (χ0n) is 13.5. The number of hydrogen-bond donors (Lipinski definition) is 1. The Hall–Kier alpha value is -1.75. The number of likely N-dealkylation sites (N-methyl/N-ethyl adjacent to an activating group) is 1. The number of amides is 1. The minimum Gasteiger partial charge on any atom is -0.490 e. The van der Waals surface area contributed by atoms with Crippen LogP contribution in [0.1, 0.15) is 18.0 Å². The van der Waals surface area contributed by atoms with Gasteiger partial charge in [-0.1, -0.05) is 54.1 Å². The number of benzene rings is 2. The molecule has 0 spiro atoms. The third-order valence-electron chi connectivity index (χ3n) is 3.57. The van der Waals surface area contributed by atoms with Crippen LogP contribution < -0.4 is 10.5 Å². The molecule has 2 rings (SSSR count). The van der Waals surface area contributed by atoms with Crippen LogP contribution >= 0.6 is 24.0 Å². The van der Waals surface area contributed by atoms with Crippen molar-refractivity contribution < 1.29 is 9.53 Å². The molecule has 4 nitrogen and oxygen atoms in total. The van der Waals surface area contributed by atoms with E-state index in [0.29, 0.717) is 23.9 Å². The Bertz CT molecular complexity index is 638. The lowest BCUT2D eigenvalue weighted by atomic mass is 10.0. The van der Waals surface area contributed by atoms with E-state index in [1.165, 1.54) is 0 Å². The highest BCUT2D eigenvalue weighted by Crippen LogP contribution is 2.23. The van der Waals surface area contributed by atoms with Crippen LogP contribution in [0.2, 0.25) is 5.02 Å². The maximum atomic E-state index is 12.2. The molecule has 2 N–H and O–H groups in total. The van der Waals surface area contributed by atoms with Gasteiger partial charge in [0.1, 0.15) is 12.4 Å². The largest absolute Gasteiger partial charge is 0.490 e. The highest BCUT2D eigenvalue weighted by Gasteiger charge is 2.15. The van der Waals surface area contributed by atoms with Gasteiger partial charge in [-0.05, 0) is 17.7 Å². The smallest absolute Gasteiger partial charge is 0.224 e. The van der Waals surface area contributed by atoms with Crippen molar-refractivity contribution >= 4 is 29.9 Å². The van der Waals surface area contributed by atoms with Crippen LogP contribution in [0.25, 0.3) is 0 Å². The number of ether oxygens (including phenoxy) is 1. The molecule has 1 atom stereocenters. The normalized spacial score (nSPS) is 11.3. The van der Waals surface area contributed by atoms with E-state index in [1.54, 1.807) is 24.1 Å². The fraction of sp³-hybridized carbons (Fsp3) is 0.278. The lowest BCUT2D eigenvalue weighted by Crippen LogP contribution is -2.33. The molecule has 0 aliphatic carbocycles. The molecule has 130 valence electrons. The molecule has 0 radical (unpaired) electrons. The molecule has 6 heteroatoms. The van der Waals surface area contributed by atoms with Gasteiger partial charge in [0, 0.05) is 19.5 Å². The molecule has 2 aromatic carbocycles. The summed E-state index contributed by atoms with van der Waals surface area (Å²) in [5, 5.41) is 0.563. The first-order chi connectivity index (χ1) is 11.1. The zero-order valence-corrected chi connectivity index (χ0v) is 15.1. The van der Waals surface area contributed by atoms with E-state index < -0.39 is 0 Å². The fourth-order valence-corrected chi connectivity index (χ4v) is 2.33. The maximum absolute atomic E-state index is 12.2. The number of carbonyl (C=O) groups excluding carboxylic acids is 1. The van der Waals surface area contributed by atoms with Crippen molar-refractivity contribution in [2.45, 2.75) is 12.5 Å². The molecular weight excluding hydrogens is 347 g/mol. The summed E-state index contributed by atoms with van der Waals surface area (Å²) in [6, 6.07) is 16.6. The molecule has 0 saturated carbocycles. The minimum absolute atomic E-state index is 0. The van der Waals surface area contributed by atoms with Gasteiger partial charge in [0.15, 0.2) is 0 Å². The quantitative estimate of drug-likeness (QED) is 0.810. The summed E-state index contributed by atoms with van der Waals surface area (Å²) < 4.78 is 5.59. The van der Waals surface area contributed by atoms with Gasteiger partial charge in [0.05, 0.1) is 11.6 Å². The zero-order chi connectivity index (χ0) is 16.7. The number of nitrogens with two attached hydrogens (primary N) is 1. The van der Waals surface area contributed by atoms with Crippen LogP contribution in [0.5, 0.6) is 5.75 Å². The lowest BCUT2D eigenvalue weighted by molar-refractivity contribution is -0.130. The van der Waals surface area contributed by atoms with Crippen molar-refractivity contribution in [1.29, 1.82) is 0 Å². The number of carbonyl (C=O) groups is 1. The molecule has 0 aromatic heterocycles. The van der Waals surface area contributed by atoms with Gasteiger partial charge >= 0.3 is 0 Å². The number of nitrogens with zero attached hydrogens (tertiary/aromatic N) is 1. The van der Waals surface area contributed by atoms with Crippen molar-refractivity contribution in [2.75, 3.05) is 20.2 Å². The third-order valence-corrected chi connectivity index (χ3v) is 3.88. The molecule has 0 bridgehead atoms. The van der Waals surface area contributed by atoms with E-state index in [1.807, 2.05) is 42.5 Å². The Morgan fingerprint density at radius 1 is 1.17 bits per heavy atom. The van der Waals surface area contributed by atoms with Crippen molar-refractivity contribution in [2.24, 2.45) is 5.73 Å². The Balaban J connectivity index is 0.00000288. The SMILES string of the molecule is CN(CCOc1ccccc1Cl)C(=O)CC(N)c1ccccc1.Cl. The van der Waals surface area contributed by atoms with Crippen LogP contribution in [0, 0.1) is 0 Å². The van der Waals surface area contributed by atoms with Crippen LogP contribution in [0.4, 0.5) is 0 Å². The van der Waals surface area contributed by atoms with Crippen LogP contribution in [0.3, 0.4) is 0 Å². The number of rotatable bonds is 7. The van der Waals surface area contributed by atoms with Crippen molar-refractivity contribution in [1.82, 2.24) is 4.90 Å².